The third kappa shape index (κ3) is 2.94. The molecule has 1 saturated carbocycles. The van der Waals surface area contributed by atoms with E-state index in [2.05, 4.69) is 12.2 Å². The Kier molecular flexibility index (Phi) is 3.36. The number of piperidine rings is 1. The average molecular weight is 211 g/mol. The van der Waals surface area contributed by atoms with Gasteiger partial charge in [0.05, 0.1) is 5.60 Å². The Labute approximate surface area is 93.5 Å². The van der Waals surface area contributed by atoms with E-state index in [0.717, 1.165) is 32.4 Å². The number of rotatable bonds is 2. The van der Waals surface area contributed by atoms with Gasteiger partial charge in [-0.15, -0.1) is 0 Å². The molecule has 0 atom stereocenters. The molecule has 2 nitrogen and oxygen atoms in total. The van der Waals surface area contributed by atoms with Crippen LogP contribution in [0.4, 0.5) is 0 Å². The lowest BCUT2D eigenvalue weighted by Gasteiger charge is -2.42. The van der Waals surface area contributed by atoms with Crippen molar-refractivity contribution in [2.75, 3.05) is 13.1 Å². The molecule has 0 bridgehead atoms. The molecule has 0 aromatic carbocycles. The number of aliphatic hydroxyl groups is 1. The SMILES string of the molecule is CC1(CC2(O)CCNCC2)CCCCC1. The zero-order valence-corrected chi connectivity index (χ0v) is 10.0. The number of hydrogen-bond acceptors (Lipinski definition) is 2. The maximum absolute atomic E-state index is 10.5. The predicted molar refractivity (Wildman–Crippen MR) is 62.9 cm³/mol. The normalized spacial score (nSPS) is 30.0. The van der Waals surface area contributed by atoms with Gasteiger partial charge in [-0.05, 0) is 50.6 Å². The molecule has 1 aliphatic carbocycles. The molecule has 0 aromatic rings. The van der Waals surface area contributed by atoms with Crippen LogP contribution in [0.1, 0.15) is 58.3 Å². The minimum Gasteiger partial charge on any atom is -0.390 e. The molecular formula is C13H25NO. The zero-order chi connectivity index (χ0) is 10.8. The molecule has 2 heteroatoms. The van der Waals surface area contributed by atoms with Gasteiger partial charge < -0.3 is 10.4 Å². The summed E-state index contributed by atoms with van der Waals surface area (Å²) in [5, 5.41) is 13.9. The molecule has 2 N–H and O–H groups in total. The summed E-state index contributed by atoms with van der Waals surface area (Å²) in [5.41, 5.74) is 0.0572. The van der Waals surface area contributed by atoms with E-state index in [0.29, 0.717) is 5.41 Å². The van der Waals surface area contributed by atoms with E-state index >= 15 is 0 Å². The maximum atomic E-state index is 10.5. The Morgan fingerprint density at radius 2 is 1.60 bits per heavy atom. The van der Waals surface area contributed by atoms with Crippen LogP contribution in [0.15, 0.2) is 0 Å². The van der Waals surface area contributed by atoms with Crippen molar-refractivity contribution in [1.29, 1.82) is 0 Å². The highest BCUT2D eigenvalue weighted by Gasteiger charge is 2.38. The van der Waals surface area contributed by atoms with E-state index in [-0.39, 0.29) is 5.60 Å². The van der Waals surface area contributed by atoms with Crippen LogP contribution >= 0.6 is 0 Å². The molecular weight excluding hydrogens is 186 g/mol. The van der Waals surface area contributed by atoms with Crippen LogP contribution in [0, 0.1) is 5.41 Å². The first-order valence-electron chi connectivity index (χ1n) is 6.55. The standard InChI is InChI=1S/C13H25NO/c1-12(5-3-2-4-6-12)11-13(15)7-9-14-10-8-13/h14-15H,2-11H2,1H3. The van der Waals surface area contributed by atoms with Crippen LogP contribution in [-0.2, 0) is 0 Å². The van der Waals surface area contributed by atoms with Crippen LogP contribution in [0.3, 0.4) is 0 Å². The van der Waals surface area contributed by atoms with Crippen molar-refractivity contribution < 1.29 is 5.11 Å². The lowest BCUT2D eigenvalue weighted by atomic mass is 9.67. The smallest absolute Gasteiger partial charge is 0.0677 e. The Bertz CT molecular complexity index is 181. The van der Waals surface area contributed by atoms with E-state index in [1.165, 1.54) is 32.1 Å². The van der Waals surface area contributed by atoms with Crippen LogP contribution in [0.25, 0.3) is 0 Å². The van der Waals surface area contributed by atoms with Gasteiger partial charge in [0.2, 0.25) is 0 Å². The molecule has 15 heavy (non-hydrogen) atoms. The Morgan fingerprint density at radius 3 is 2.20 bits per heavy atom. The van der Waals surface area contributed by atoms with Gasteiger partial charge in [0, 0.05) is 0 Å². The molecule has 0 radical (unpaired) electrons. The molecule has 1 aliphatic heterocycles. The van der Waals surface area contributed by atoms with Crippen molar-refractivity contribution in [1.82, 2.24) is 5.32 Å². The van der Waals surface area contributed by atoms with E-state index in [9.17, 15) is 5.11 Å². The molecule has 0 unspecified atom stereocenters. The molecule has 0 aromatic heterocycles. The molecule has 2 aliphatic rings. The van der Waals surface area contributed by atoms with E-state index in [4.69, 9.17) is 0 Å². The highest BCUT2D eigenvalue weighted by molar-refractivity contribution is 4.92. The van der Waals surface area contributed by atoms with Crippen molar-refractivity contribution in [2.45, 2.75) is 63.9 Å². The third-order valence-corrected chi connectivity index (χ3v) is 4.35. The molecule has 2 fully saturated rings. The molecule has 88 valence electrons. The first-order valence-corrected chi connectivity index (χ1v) is 6.55. The zero-order valence-electron chi connectivity index (χ0n) is 10.0. The summed E-state index contributed by atoms with van der Waals surface area (Å²) >= 11 is 0. The summed E-state index contributed by atoms with van der Waals surface area (Å²) in [6, 6.07) is 0. The topological polar surface area (TPSA) is 32.3 Å². The highest BCUT2D eigenvalue weighted by atomic mass is 16.3. The van der Waals surface area contributed by atoms with Crippen molar-refractivity contribution >= 4 is 0 Å². The summed E-state index contributed by atoms with van der Waals surface area (Å²) in [5.74, 6) is 0. The summed E-state index contributed by atoms with van der Waals surface area (Å²) in [6.07, 6.45) is 9.70. The summed E-state index contributed by atoms with van der Waals surface area (Å²) in [7, 11) is 0. The van der Waals surface area contributed by atoms with Gasteiger partial charge in [0.25, 0.3) is 0 Å². The minimum atomic E-state index is -0.364. The van der Waals surface area contributed by atoms with Gasteiger partial charge >= 0.3 is 0 Å². The third-order valence-electron chi connectivity index (χ3n) is 4.35. The maximum Gasteiger partial charge on any atom is 0.0677 e. The van der Waals surface area contributed by atoms with Gasteiger partial charge in [-0.3, -0.25) is 0 Å². The summed E-state index contributed by atoms with van der Waals surface area (Å²) in [6.45, 7) is 4.37. The molecule has 0 amide bonds. The number of hydrogen-bond donors (Lipinski definition) is 2. The Balaban J connectivity index is 1.93. The fraction of sp³-hybridized carbons (Fsp3) is 1.00. The van der Waals surface area contributed by atoms with Crippen molar-refractivity contribution in [3.05, 3.63) is 0 Å². The van der Waals surface area contributed by atoms with E-state index < -0.39 is 0 Å². The lowest BCUT2D eigenvalue weighted by molar-refractivity contribution is -0.0391. The monoisotopic (exact) mass is 211 g/mol. The molecule has 1 heterocycles. The van der Waals surface area contributed by atoms with Gasteiger partial charge in [0.15, 0.2) is 0 Å². The van der Waals surface area contributed by atoms with Crippen LogP contribution in [0.2, 0.25) is 0 Å². The largest absolute Gasteiger partial charge is 0.390 e. The Hall–Kier alpha value is -0.0800. The average Bonchev–Trinajstić information content (AvgIpc) is 2.18. The van der Waals surface area contributed by atoms with Gasteiger partial charge in [-0.25, -0.2) is 0 Å². The van der Waals surface area contributed by atoms with Gasteiger partial charge in [-0.2, -0.15) is 0 Å². The molecule has 0 spiro atoms. The van der Waals surface area contributed by atoms with Gasteiger partial charge in [0.1, 0.15) is 0 Å². The lowest BCUT2D eigenvalue weighted by Crippen LogP contribution is -2.45. The summed E-state index contributed by atoms with van der Waals surface area (Å²) < 4.78 is 0. The predicted octanol–water partition coefficient (Wildman–Crippen LogP) is 2.46. The van der Waals surface area contributed by atoms with Crippen LogP contribution in [-0.4, -0.2) is 23.8 Å². The summed E-state index contributed by atoms with van der Waals surface area (Å²) in [4.78, 5) is 0. The van der Waals surface area contributed by atoms with Crippen molar-refractivity contribution in [3.63, 3.8) is 0 Å². The number of nitrogens with one attached hydrogen (secondary N) is 1. The second-order valence-corrected chi connectivity index (χ2v) is 6.02. The van der Waals surface area contributed by atoms with Crippen molar-refractivity contribution in [3.8, 4) is 0 Å². The quantitative estimate of drug-likeness (QED) is 0.735. The van der Waals surface area contributed by atoms with Crippen LogP contribution < -0.4 is 5.32 Å². The highest BCUT2D eigenvalue weighted by Crippen LogP contribution is 2.43. The first-order chi connectivity index (χ1) is 7.12. The van der Waals surface area contributed by atoms with E-state index in [1.54, 1.807) is 0 Å². The molecule has 1 saturated heterocycles. The van der Waals surface area contributed by atoms with Crippen LogP contribution in [0.5, 0.6) is 0 Å². The Morgan fingerprint density at radius 1 is 1.00 bits per heavy atom. The van der Waals surface area contributed by atoms with E-state index in [1.807, 2.05) is 0 Å². The fourth-order valence-electron chi connectivity index (χ4n) is 3.45. The second kappa shape index (κ2) is 4.42. The molecule has 2 rings (SSSR count). The fourth-order valence-corrected chi connectivity index (χ4v) is 3.45. The first kappa shape index (κ1) is 11.4. The van der Waals surface area contributed by atoms with Crippen molar-refractivity contribution in [2.24, 2.45) is 5.41 Å². The minimum absolute atomic E-state index is 0.364. The second-order valence-electron chi connectivity index (χ2n) is 6.02. The van der Waals surface area contributed by atoms with Gasteiger partial charge in [-0.1, -0.05) is 26.2 Å².